The Labute approximate surface area is 147 Å². The molecule has 3 heteroatoms. The molecule has 0 amide bonds. The summed E-state index contributed by atoms with van der Waals surface area (Å²) in [6.45, 7) is 6.63. The maximum Gasteiger partial charge on any atom is 0.217 e. The Morgan fingerprint density at radius 3 is 2.12 bits per heavy atom. The molecule has 128 valence electrons. The van der Waals surface area contributed by atoms with Gasteiger partial charge in [0.05, 0.1) is 13.2 Å². The van der Waals surface area contributed by atoms with Gasteiger partial charge in [0.1, 0.15) is 5.75 Å². The van der Waals surface area contributed by atoms with Gasteiger partial charge in [-0.15, -0.1) is 0 Å². The van der Waals surface area contributed by atoms with E-state index in [1.165, 1.54) is 11.1 Å². The van der Waals surface area contributed by atoms with Crippen molar-refractivity contribution >= 4 is 14.4 Å². The Kier molecular flexibility index (Phi) is 6.82. The van der Waals surface area contributed by atoms with Crippen LogP contribution in [0.25, 0.3) is 6.08 Å². The molecule has 0 fully saturated rings. The minimum absolute atomic E-state index is 0.0860. The van der Waals surface area contributed by atoms with Crippen molar-refractivity contribution in [2.24, 2.45) is 0 Å². The predicted molar refractivity (Wildman–Crippen MR) is 105 cm³/mol. The standard InChI is InChI=1S/C21H28O2Si/c1-5-24(6-2,17-16-19-10-8-7-9-11-19)23-18(3)20-12-14-21(22-4)15-13-20/h7-18H,5-6H2,1-4H3. The zero-order valence-corrected chi connectivity index (χ0v) is 16.2. The minimum Gasteiger partial charge on any atom is -0.497 e. The Bertz CT molecular complexity index is 631. The molecule has 0 aliphatic heterocycles. The summed E-state index contributed by atoms with van der Waals surface area (Å²) in [4.78, 5) is 0. The fourth-order valence-electron chi connectivity index (χ4n) is 2.80. The molecule has 24 heavy (non-hydrogen) atoms. The van der Waals surface area contributed by atoms with Crippen molar-refractivity contribution in [1.29, 1.82) is 0 Å². The van der Waals surface area contributed by atoms with Crippen molar-refractivity contribution in [2.75, 3.05) is 7.11 Å². The van der Waals surface area contributed by atoms with Gasteiger partial charge in [-0.3, -0.25) is 0 Å². The Morgan fingerprint density at radius 1 is 0.958 bits per heavy atom. The lowest BCUT2D eigenvalue weighted by atomic mass is 10.1. The van der Waals surface area contributed by atoms with E-state index >= 15 is 0 Å². The van der Waals surface area contributed by atoms with Crippen LogP contribution in [0.2, 0.25) is 12.1 Å². The number of ether oxygens (including phenoxy) is 1. The molecule has 2 aromatic rings. The van der Waals surface area contributed by atoms with Crippen LogP contribution in [0.1, 0.15) is 38.0 Å². The monoisotopic (exact) mass is 340 g/mol. The summed E-state index contributed by atoms with van der Waals surface area (Å²) in [5, 5.41) is 0. The summed E-state index contributed by atoms with van der Waals surface area (Å²) in [5.41, 5.74) is 4.78. The van der Waals surface area contributed by atoms with Gasteiger partial charge in [0.25, 0.3) is 0 Å². The van der Waals surface area contributed by atoms with Gasteiger partial charge in [-0.25, -0.2) is 0 Å². The highest BCUT2D eigenvalue weighted by atomic mass is 28.4. The van der Waals surface area contributed by atoms with Gasteiger partial charge in [-0.05, 0) is 42.3 Å². The first-order valence-corrected chi connectivity index (χ1v) is 11.1. The molecule has 0 bridgehead atoms. The number of methoxy groups -OCH3 is 1. The molecule has 2 nitrogen and oxygen atoms in total. The van der Waals surface area contributed by atoms with Crippen molar-refractivity contribution in [2.45, 2.75) is 39.0 Å². The van der Waals surface area contributed by atoms with Crippen LogP contribution >= 0.6 is 0 Å². The number of hydrogen-bond donors (Lipinski definition) is 0. The molecule has 2 rings (SSSR count). The van der Waals surface area contributed by atoms with Crippen LogP contribution in [0.4, 0.5) is 0 Å². The van der Waals surface area contributed by atoms with Crippen LogP contribution in [0.3, 0.4) is 0 Å². The largest absolute Gasteiger partial charge is 0.497 e. The second-order valence-electron chi connectivity index (χ2n) is 6.05. The second kappa shape index (κ2) is 8.86. The first kappa shape index (κ1) is 18.5. The van der Waals surface area contributed by atoms with Gasteiger partial charge < -0.3 is 9.16 Å². The second-order valence-corrected chi connectivity index (χ2v) is 10.2. The predicted octanol–water partition coefficient (Wildman–Crippen LogP) is 6.01. The van der Waals surface area contributed by atoms with Gasteiger partial charge in [-0.1, -0.05) is 68.1 Å². The van der Waals surface area contributed by atoms with Crippen molar-refractivity contribution < 1.29 is 9.16 Å². The van der Waals surface area contributed by atoms with Gasteiger partial charge in [0.2, 0.25) is 8.32 Å². The van der Waals surface area contributed by atoms with E-state index in [-0.39, 0.29) is 6.10 Å². The van der Waals surface area contributed by atoms with Crippen LogP contribution in [0.5, 0.6) is 5.75 Å². The van der Waals surface area contributed by atoms with Gasteiger partial charge in [0.15, 0.2) is 0 Å². The summed E-state index contributed by atoms with van der Waals surface area (Å²) in [6, 6.07) is 20.8. The van der Waals surface area contributed by atoms with E-state index in [1.807, 2.05) is 18.2 Å². The molecule has 0 radical (unpaired) electrons. The van der Waals surface area contributed by atoms with Crippen LogP contribution in [-0.4, -0.2) is 15.4 Å². The Hall–Kier alpha value is -1.84. The highest BCUT2D eigenvalue weighted by Gasteiger charge is 2.30. The molecule has 1 atom stereocenters. The number of benzene rings is 2. The van der Waals surface area contributed by atoms with Crippen molar-refractivity contribution in [3.63, 3.8) is 0 Å². The lowest BCUT2D eigenvalue weighted by molar-refractivity contribution is 0.216. The maximum atomic E-state index is 6.63. The molecule has 2 aromatic carbocycles. The van der Waals surface area contributed by atoms with Crippen molar-refractivity contribution in [3.05, 3.63) is 71.4 Å². The van der Waals surface area contributed by atoms with Crippen LogP contribution in [-0.2, 0) is 4.43 Å². The summed E-state index contributed by atoms with van der Waals surface area (Å²) in [6.07, 6.45) is 2.31. The third-order valence-corrected chi connectivity index (χ3v) is 8.56. The molecule has 0 aliphatic carbocycles. The molecule has 1 unspecified atom stereocenters. The van der Waals surface area contributed by atoms with E-state index in [1.54, 1.807) is 7.11 Å². The molecule has 0 heterocycles. The average molecular weight is 341 g/mol. The average Bonchev–Trinajstić information content (AvgIpc) is 2.66. The molecule has 0 saturated heterocycles. The Balaban J connectivity index is 2.15. The van der Waals surface area contributed by atoms with Gasteiger partial charge >= 0.3 is 0 Å². The molecular formula is C21H28O2Si. The molecule has 0 aromatic heterocycles. The van der Waals surface area contributed by atoms with Crippen LogP contribution < -0.4 is 4.74 Å². The third-order valence-electron chi connectivity index (χ3n) is 4.57. The molecule has 0 aliphatic rings. The lowest BCUT2D eigenvalue weighted by Crippen LogP contribution is -2.35. The summed E-state index contributed by atoms with van der Waals surface area (Å²) < 4.78 is 11.9. The summed E-state index contributed by atoms with van der Waals surface area (Å²) in [7, 11) is -0.216. The normalized spacial score (nSPS) is 13.2. The van der Waals surface area contributed by atoms with Crippen LogP contribution in [0.15, 0.2) is 60.3 Å². The van der Waals surface area contributed by atoms with E-state index < -0.39 is 8.32 Å². The molecule has 0 spiro atoms. The molecule has 0 saturated carbocycles. The number of rotatable bonds is 8. The topological polar surface area (TPSA) is 18.5 Å². The highest BCUT2D eigenvalue weighted by Crippen LogP contribution is 2.29. The first-order chi connectivity index (χ1) is 11.6. The first-order valence-electron chi connectivity index (χ1n) is 8.68. The Morgan fingerprint density at radius 2 is 1.58 bits per heavy atom. The minimum atomic E-state index is -1.91. The number of hydrogen-bond acceptors (Lipinski definition) is 2. The van der Waals surface area contributed by atoms with Crippen molar-refractivity contribution in [1.82, 2.24) is 0 Å². The summed E-state index contributed by atoms with van der Waals surface area (Å²) >= 11 is 0. The van der Waals surface area contributed by atoms with Gasteiger partial charge in [-0.2, -0.15) is 0 Å². The smallest absolute Gasteiger partial charge is 0.217 e. The highest BCUT2D eigenvalue weighted by molar-refractivity contribution is 6.79. The van der Waals surface area contributed by atoms with E-state index in [2.05, 4.69) is 68.9 Å². The zero-order valence-electron chi connectivity index (χ0n) is 15.2. The fraction of sp³-hybridized carbons (Fsp3) is 0.333. The van der Waals surface area contributed by atoms with Crippen molar-refractivity contribution in [3.8, 4) is 5.75 Å². The maximum absolute atomic E-state index is 6.63. The van der Waals surface area contributed by atoms with Gasteiger partial charge in [0, 0.05) is 0 Å². The zero-order chi connectivity index (χ0) is 17.4. The third kappa shape index (κ3) is 4.82. The molecule has 0 N–H and O–H groups in total. The fourth-order valence-corrected chi connectivity index (χ4v) is 5.52. The van der Waals surface area contributed by atoms with Crippen LogP contribution in [0, 0.1) is 0 Å². The van der Waals surface area contributed by atoms with E-state index in [0.29, 0.717) is 0 Å². The molecular weight excluding hydrogens is 312 g/mol. The SMILES string of the molecule is CC[Si](C=Cc1ccccc1)(CC)OC(C)c1ccc(OC)cc1. The van der Waals surface area contributed by atoms with E-state index in [4.69, 9.17) is 9.16 Å². The lowest BCUT2D eigenvalue weighted by Gasteiger charge is -2.30. The quantitative estimate of drug-likeness (QED) is 0.548. The van der Waals surface area contributed by atoms with E-state index in [0.717, 1.165) is 17.8 Å². The summed E-state index contributed by atoms with van der Waals surface area (Å²) in [5.74, 6) is 0.879. The van der Waals surface area contributed by atoms with E-state index in [9.17, 15) is 0 Å².